The zero-order valence-corrected chi connectivity index (χ0v) is 4.42. The Bertz CT molecular complexity index is 73.9. The average Bonchev–Trinajstić information content (AvgIpc) is 1.35. The second kappa shape index (κ2) is 3.00. The summed E-state index contributed by atoms with van der Waals surface area (Å²) in [7, 11) is 0.258. The molecule has 0 radical (unpaired) electrons. The summed E-state index contributed by atoms with van der Waals surface area (Å²) < 4.78 is 0. The van der Waals surface area contributed by atoms with Gasteiger partial charge in [-0.2, -0.15) is 0 Å². The minimum absolute atomic E-state index is 0.258. The number of carboxylic acid groups (broad SMARTS) is 1. The minimum Gasteiger partial charge on any atom is -0.465 e. The maximum atomic E-state index is 9.41. The normalized spacial score (nSPS) is 8.00. The molecule has 0 saturated heterocycles. The van der Waals surface area contributed by atoms with Gasteiger partial charge in [0.25, 0.3) is 0 Å². The zero-order valence-electron chi connectivity index (χ0n) is 2.71. The number of hydrogen-bond acceptors (Lipinski definition) is 2. The average molecular weight is 123 g/mol. The van der Waals surface area contributed by atoms with Crippen LogP contribution in [0.3, 0.4) is 0 Å². The third kappa shape index (κ3) is 3.79. The van der Waals surface area contributed by atoms with E-state index in [1.165, 1.54) is 0 Å². The molecular formula is CH2NO2PS. The van der Waals surface area contributed by atoms with Gasteiger partial charge in [0.05, 0.1) is 7.51 Å². The number of hydrogen-bond donors (Lipinski definition) is 2. The molecule has 6 heavy (non-hydrogen) atoms. The fourth-order valence-electron chi connectivity index (χ4n) is 0.0390. The molecule has 0 aliphatic rings. The highest BCUT2D eigenvalue weighted by atomic mass is 32.4. The Morgan fingerprint density at radius 2 is 2.50 bits per heavy atom. The largest absolute Gasteiger partial charge is 0.465 e. The van der Waals surface area contributed by atoms with Crippen LogP contribution in [-0.4, -0.2) is 11.2 Å². The van der Waals surface area contributed by atoms with Crippen LogP contribution < -0.4 is 5.09 Å². The molecule has 5 heteroatoms. The first-order valence-corrected chi connectivity index (χ1v) is 2.99. The summed E-state index contributed by atoms with van der Waals surface area (Å²) in [5.41, 5.74) is 0. The van der Waals surface area contributed by atoms with Crippen LogP contribution in [-0.2, 0) is 11.8 Å². The summed E-state index contributed by atoms with van der Waals surface area (Å²) in [5.74, 6) is 0. The van der Waals surface area contributed by atoms with E-state index >= 15 is 0 Å². The van der Waals surface area contributed by atoms with E-state index < -0.39 is 6.09 Å². The molecule has 1 amide bonds. The third-order valence-electron chi connectivity index (χ3n) is 0.141. The second-order valence-corrected chi connectivity index (χ2v) is 1.46. The van der Waals surface area contributed by atoms with Gasteiger partial charge in [-0.25, -0.2) is 4.79 Å². The summed E-state index contributed by atoms with van der Waals surface area (Å²) in [5, 5.41) is 9.64. The van der Waals surface area contributed by atoms with Crippen molar-refractivity contribution in [2.45, 2.75) is 0 Å². The molecule has 3 nitrogen and oxygen atoms in total. The maximum Gasteiger partial charge on any atom is 0.412 e. The molecule has 0 atom stereocenters. The Morgan fingerprint density at radius 1 is 2.00 bits per heavy atom. The fourth-order valence-corrected chi connectivity index (χ4v) is 0.351. The molecule has 0 aliphatic carbocycles. The van der Waals surface area contributed by atoms with E-state index in [-0.39, 0.29) is 7.51 Å². The van der Waals surface area contributed by atoms with Gasteiger partial charge in [-0.3, -0.25) is 5.09 Å². The van der Waals surface area contributed by atoms with Gasteiger partial charge >= 0.3 is 6.09 Å². The highest BCUT2D eigenvalue weighted by Gasteiger charge is 1.82. The van der Waals surface area contributed by atoms with Gasteiger partial charge in [0.15, 0.2) is 0 Å². The highest BCUT2D eigenvalue weighted by Crippen LogP contribution is 1.77. The Kier molecular flexibility index (Phi) is 2.89. The predicted octanol–water partition coefficient (Wildman–Crippen LogP) is 0.577. The summed E-state index contributed by atoms with van der Waals surface area (Å²) >= 11 is 4.21. The van der Waals surface area contributed by atoms with Crippen LogP contribution in [0.25, 0.3) is 0 Å². The molecule has 2 N–H and O–H groups in total. The van der Waals surface area contributed by atoms with Crippen LogP contribution in [0, 0.1) is 0 Å². The van der Waals surface area contributed by atoms with Crippen LogP contribution in [0.2, 0.25) is 0 Å². The van der Waals surface area contributed by atoms with Crippen LogP contribution in [0.4, 0.5) is 4.79 Å². The van der Waals surface area contributed by atoms with E-state index in [1.807, 2.05) is 5.09 Å². The number of nitrogens with one attached hydrogen (secondary N) is 1. The first-order valence-electron chi connectivity index (χ1n) is 1.08. The topological polar surface area (TPSA) is 49.3 Å². The molecule has 0 rings (SSSR count). The van der Waals surface area contributed by atoms with Gasteiger partial charge in [0.1, 0.15) is 0 Å². The number of rotatable bonds is 1. The lowest BCUT2D eigenvalue weighted by Crippen LogP contribution is -2.06. The molecule has 0 spiro atoms. The molecule has 0 aromatic heterocycles. The van der Waals surface area contributed by atoms with Gasteiger partial charge in [-0.1, -0.05) is 0 Å². The van der Waals surface area contributed by atoms with E-state index in [9.17, 15) is 4.79 Å². The maximum absolute atomic E-state index is 9.41. The minimum atomic E-state index is -1.08. The highest BCUT2D eigenvalue weighted by molar-refractivity contribution is 7.95. The summed E-state index contributed by atoms with van der Waals surface area (Å²) in [4.78, 5) is 9.41. The number of amides is 1. The Balaban J connectivity index is 3.05. The Hall–Kier alpha value is -0.210. The molecule has 34 valence electrons. The Labute approximate surface area is 41.3 Å². The molecule has 0 saturated carbocycles. The standard InChI is InChI=1S/CH2NO2PS/c3-1(4)2-5-6/h(H,2,6)(H,3,4). The van der Waals surface area contributed by atoms with Crippen molar-refractivity contribution in [3.8, 4) is 0 Å². The Morgan fingerprint density at radius 3 is 2.50 bits per heavy atom. The van der Waals surface area contributed by atoms with Crippen LogP contribution in [0.1, 0.15) is 0 Å². The van der Waals surface area contributed by atoms with E-state index in [4.69, 9.17) is 5.11 Å². The predicted molar refractivity (Wildman–Crippen MR) is 25.4 cm³/mol. The SMILES string of the molecule is O=C(O)NP=S. The lowest BCUT2D eigenvalue weighted by Gasteiger charge is -1.78. The molecule has 0 bridgehead atoms. The van der Waals surface area contributed by atoms with Crippen LogP contribution in [0.5, 0.6) is 0 Å². The first-order chi connectivity index (χ1) is 2.77. The summed E-state index contributed by atoms with van der Waals surface area (Å²) in [6, 6.07) is 0. The summed E-state index contributed by atoms with van der Waals surface area (Å²) in [6.07, 6.45) is -1.08. The van der Waals surface area contributed by atoms with Crippen LogP contribution in [0.15, 0.2) is 0 Å². The quantitative estimate of drug-likeness (QED) is 0.501. The smallest absolute Gasteiger partial charge is 0.412 e. The second-order valence-electron chi connectivity index (χ2n) is 0.508. The zero-order chi connectivity index (χ0) is 4.99. The lowest BCUT2D eigenvalue weighted by molar-refractivity contribution is 0.202. The molecule has 0 aromatic rings. The van der Waals surface area contributed by atoms with Gasteiger partial charge in [0.2, 0.25) is 0 Å². The first kappa shape index (κ1) is 5.79. The van der Waals surface area contributed by atoms with Crippen molar-refractivity contribution in [1.82, 2.24) is 5.09 Å². The van der Waals surface area contributed by atoms with Crippen molar-refractivity contribution >= 4 is 25.4 Å². The van der Waals surface area contributed by atoms with Gasteiger partial charge in [0, 0.05) is 0 Å². The van der Waals surface area contributed by atoms with Crippen LogP contribution >= 0.6 is 7.51 Å². The third-order valence-corrected chi connectivity index (χ3v) is 0.698. The fraction of sp³-hybridized carbons (Fsp3) is 0. The van der Waals surface area contributed by atoms with Crippen molar-refractivity contribution in [2.75, 3.05) is 0 Å². The van der Waals surface area contributed by atoms with E-state index in [1.54, 1.807) is 0 Å². The van der Waals surface area contributed by atoms with E-state index in [0.29, 0.717) is 0 Å². The van der Waals surface area contributed by atoms with Crippen molar-refractivity contribution < 1.29 is 9.90 Å². The van der Waals surface area contributed by atoms with E-state index in [2.05, 4.69) is 11.8 Å². The summed E-state index contributed by atoms with van der Waals surface area (Å²) in [6.45, 7) is 0. The van der Waals surface area contributed by atoms with Gasteiger partial charge < -0.3 is 5.11 Å². The molecular weight excluding hydrogens is 121 g/mol. The molecule has 0 heterocycles. The molecule has 0 aromatic carbocycles. The molecule has 0 fully saturated rings. The van der Waals surface area contributed by atoms with Crippen molar-refractivity contribution in [2.24, 2.45) is 0 Å². The van der Waals surface area contributed by atoms with Crippen molar-refractivity contribution in [3.05, 3.63) is 0 Å². The van der Waals surface area contributed by atoms with E-state index in [0.717, 1.165) is 0 Å². The van der Waals surface area contributed by atoms with Crippen molar-refractivity contribution in [3.63, 3.8) is 0 Å². The lowest BCUT2D eigenvalue weighted by atomic mass is 11.3. The van der Waals surface area contributed by atoms with Gasteiger partial charge in [-0.05, 0) is 11.8 Å². The monoisotopic (exact) mass is 123 g/mol. The molecule has 0 unspecified atom stereocenters. The van der Waals surface area contributed by atoms with Crippen molar-refractivity contribution in [1.29, 1.82) is 0 Å². The van der Waals surface area contributed by atoms with Gasteiger partial charge in [-0.15, -0.1) is 0 Å². The number of carbonyl (C=O) groups is 1. The molecule has 0 aliphatic heterocycles.